The van der Waals surface area contributed by atoms with Crippen molar-refractivity contribution in [3.63, 3.8) is 0 Å². The Morgan fingerprint density at radius 1 is 1.11 bits per heavy atom. The molecule has 1 unspecified atom stereocenters. The van der Waals surface area contributed by atoms with Crippen LogP contribution in [-0.4, -0.2) is 43.2 Å². The van der Waals surface area contributed by atoms with E-state index in [4.69, 9.17) is 11.6 Å². The van der Waals surface area contributed by atoms with Gasteiger partial charge < -0.3 is 9.47 Å². The van der Waals surface area contributed by atoms with Gasteiger partial charge in [-0.15, -0.1) is 5.10 Å². The van der Waals surface area contributed by atoms with Crippen LogP contribution >= 0.6 is 11.6 Å². The highest BCUT2D eigenvalue weighted by molar-refractivity contribution is 6.32. The van der Waals surface area contributed by atoms with E-state index in [9.17, 15) is 18.0 Å². The number of rotatable bonds is 4. The third kappa shape index (κ3) is 4.66. The number of carbonyl (C=O) groups is 1. The van der Waals surface area contributed by atoms with E-state index in [2.05, 4.69) is 15.3 Å². The lowest BCUT2D eigenvalue weighted by Gasteiger charge is -2.26. The van der Waals surface area contributed by atoms with Crippen LogP contribution in [0.5, 0.6) is 0 Å². The lowest BCUT2D eigenvalue weighted by Crippen LogP contribution is -2.42. The first kappa shape index (κ1) is 23.1. The Labute approximate surface area is 203 Å². The molecule has 35 heavy (non-hydrogen) atoms. The van der Waals surface area contributed by atoms with Crippen LogP contribution in [-0.2, 0) is 11.2 Å². The molecule has 0 saturated heterocycles. The number of aromatic nitrogens is 5. The minimum Gasteiger partial charge on any atom is -0.305 e. The molecule has 2 aromatic heterocycles. The molecule has 2 aromatic carbocycles. The zero-order valence-corrected chi connectivity index (χ0v) is 19.3. The number of hydrogen-bond acceptors (Lipinski definition) is 4. The maximum atomic E-state index is 13.3. The van der Waals surface area contributed by atoms with Crippen molar-refractivity contribution in [1.82, 2.24) is 24.5 Å². The van der Waals surface area contributed by atoms with Gasteiger partial charge in [-0.05, 0) is 43.5 Å². The molecule has 3 heterocycles. The number of aryl methyl sites for hydroxylation is 2. The largest absolute Gasteiger partial charge is 0.406 e. The smallest absolute Gasteiger partial charge is 0.305 e. The fourth-order valence-electron chi connectivity index (χ4n) is 4.28. The number of nitrogens with zero attached hydrogens (tertiary/aromatic N) is 6. The van der Waals surface area contributed by atoms with E-state index in [1.807, 2.05) is 25.3 Å². The van der Waals surface area contributed by atoms with Gasteiger partial charge >= 0.3 is 6.18 Å². The van der Waals surface area contributed by atoms with Gasteiger partial charge in [0, 0.05) is 17.4 Å². The Morgan fingerprint density at radius 3 is 2.63 bits per heavy atom. The van der Waals surface area contributed by atoms with Crippen LogP contribution in [0.2, 0.25) is 5.02 Å². The topological polar surface area (TPSA) is 68.8 Å². The van der Waals surface area contributed by atoms with E-state index < -0.39 is 24.7 Å². The fourth-order valence-corrected chi connectivity index (χ4v) is 4.56. The molecule has 11 heteroatoms. The van der Waals surface area contributed by atoms with Crippen LogP contribution in [0.4, 0.5) is 18.9 Å². The molecule has 1 aliphatic rings. The number of alkyl halides is 3. The van der Waals surface area contributed by atoms with Gasteiger partial charge in [-0.1, -0.05) is 41.1 Å². The van der Waals surface area contributed by atoms with E-state index in [0.29, 0.717) is 34.7 Å². The summed E-state index contributed by atoms with van der Waals surface area (Å²) < 4.78 is 43.2. The van der Waals surface area contributed by atoms with Gasteiger partial charge in [0.05, 0.1) is 28.9 Å². The Balaban J connectivity index is 1.45. The summed E-state index contributed by atoms with van der Waals surface area (Å²) in [4.78, 5) is 18.3. The summed E-state index contributed by atoms with van der Waals surface area (Å²) in [5.74, 6) is -0.674. The molecule has 180 valence electrons. The van der Waals surface area contributed by atoms with Crippen molar-refractivity contribution >= 4 is 23.2 Å². The minimum absolute atomic E-state index is 0.273. The zero-order valence-electron chi connectivity index (χ0n) is 18.6. The molecule has 0 saturated carbocycles. The first-order chi connectivity index (χ1) is 16.7. The lowest BCUT2D eigenvalue weighted by molar-refractivity contribution is -0.134. The van der Waals surface area contributed by atoms with Crippen LogP contribution in [0.3, 0.4) is 0 Å². The van der Waals surface area contributed by atoms with Crippen molar-refractivity contribution < 1.29 is 18.0 Å². The Kier molecular flexibility index (Phi) is 5.84. The molecule has 1 aliphatic heterocycles. The number of hydrogen-bond donors (Lipinski definition) is 0. The molecule has 0 spiro atoms. The zero-order chi connectivity index (χ0) is 24.7. The van der Waals surface area contributed by atoms with Gasteiger partial charge in [0.2, 0.25) is 0 Å². The number of carbonyl (C=O) groups excluding carboxylic acids is 1. The fraction of sp³-hybridized carbons (Fsp3) is 0.250. The van der Waals surface area contributed by atoms with E-state index in [1.165, 1.54) is 4.68 Å². The predicted octanol–water partition coefficient (Wildman–Crippen LogP) is 5.18. The van der Waals surface area contributed by atoms with Crippen molar-refractivity contribution in [3.05, 3.63) is 77.5 Å². The molecular weight excluding hydrogens is 481 g/mol. The van der Waals surface area contributed by atoms with Gasteiger partial charge in [-0.25, -0.2) is 9.67 Å². The minimum atomic E-state index is -4.54. The molecule has 0 fully saturated rings. The molecule has 1 atom stereocenters. The predicted molar refractivity (Wildman–Crippen MR) is 125 cm³/mol. The van der Waals surface area contributed by atoms with Gasteiger partial charge in [0.15, 0.2) is 0 Å². The molecule has 0 bridgehead atoms. The average molecular weight is 501 g/mol. The number of halogens is 4. The number of para-hydroxylation sites is 1. The normalized spacial score (nSPS) is 16.3. The van der Waals surface area contributed by atoms with Gasteiger partial charge in [-0.3, -0.25) is 4.79 Å². The average Bonchev–Trinajstić information content (AvgIpc) is 3.44. The van der Waals surface area contributed by atoms with E-state index in [-0.39, 0.29) is 5.69 Å². The number of benzene rings is 2. The molecule has 1 amide bonds. The number of fused-ring (bicyclic) bond motifs is 1. The van der Waals surface area contributed by atoms with Crippen molar-refractivity contribution in [2.75, 3.05) is 11.4 Å². The Bertz CT molecular complexity index is 1400. The van der Waals surface area contributed by atoms with Crippen molar-refractivity contribution in [1.29, 1.82) is 0 Å². The summed E-state index contributed by atoms with van der Waals surface area (Å²) in [7, 11) is 0. The van der Waals surface area contributed by atoms with Crippen LogP contribution < -0.4 is 4.90 Å². The quantitative estimate of drug-likeness (QED) is 0.387. The molecule has 0 N–H and O–H groups in total. The van der Waals surface area contributed by atoms with Crippen molar-refractivity contribution in [2.24, 2.45) is 0 Å². The number of amides is 1. The highest BCUT2D eigenvalue weighted by Gasteiger charge is 2.39. The van der Waals surface area contributed by atoms with Gasteiger partial charge in [0.25, 0.3) is 5.91 Å². The highest BCUT2D eigenvalue weighted by atomic mass is 35.5. The maximum Gasteiger partial charge on any atom is 0.406 e. The second-order valence-corrected chi connectivity index (χ2v) is 8.80. The Morgan fingerprint density at radius 2 is 1.91 bits per heavy atom. The van der Waals surface area contributed by atoms with Crippen LogP contribution in [0.15, 0.2) is 61.2 Å². The van der Waals surface area contributed by atoms with Gasteiger partial charge in [0.1, 0.15) is 18.3 Å². The lowest BCUT2D eigenvalue weighted by atomic mass is 10.1. The van der Waals surface area contributed by atoms with Crippen LogP contribution in [0, 0.1) is 6.92 Å². The second kappa shape index (κ2) is 8.84. The third-order valence-electron chi connectivity index (χ3n) is 5.92. The molecular formula is C24H20ClF3N6O. The molecule has 7 nitrogen and oxygen atoms in total. The van der Waals surface area contributed by atoms with E-state index in [1.54, 1.807) is 47.4 Å². The Hall–Kier alpha value is -3.66. The van der Waals surface area contributed by atoms with E-state index >= 15 is 0 Å². The van der Waals surface area contributed by atoms with Crippen molar-refractivity contribution in [2.45, 2.75) is 32.0 Å². The second-order valence-electron chi connectivity index (χ2n) is 8.40. The standard InChI is InChI=1S/C24H20ClF3N6O/c1-15-11-32(14-29-15)21-8-7-17(10-18(21)25)19-12-34(31-30-19)22-9-6-16-4-2-3-5-20(16)33(23(22)35)13-24(26,27)28/h2-5,7-8,10-12,14,22H,6,9,13H2,1H3. The first-order valence-electron chi connectivity index (χ1n) is 10.9. The first-order valence-corrected chi connectivity index (χ1v) is 11.3. The van der Waals surface area contributed by atoms with E-state index in [0.717, 1.165) is 16.3 Å². The van der Waals surface area contributed by atoms with Gasteiger partial charge in [-0.2, -0.15) is 13.2 Å². The summed E-state index contributed by atoms with van der Waals surface area (Å²) in [6.45, 7) is 0.506. The molecule has 0 radical (unpaired) electrons. The maximum absolute atomic E-state index is 13.3. The number of anilines is 1. The SMILES string of the molecule is Cc1cn(-c2ccc(-c3cn(C4CCc5ccccc5N(CC(F)(F)F)C4=O)nn3)cc2Cl)cn1. The molecule has 4 aromatic rings. The molecule has 0 aliphatic carbocycles. The number of imidazole rings is 1. The third-order valence-corrected chi connectivity index (χ3v) is 6.22. The molecule has 5 rings (SSSR count). The van der Waals surface area contributed by atoms with Crippen LogP contribution in [0.25, 0.3) is 16.9 Å². The highest BCUT2D eigenvalue weighted by Crippen LogP contribution is 2.34. The summed E-state index contributed by atoms with van der Waals surface area (Å²) in [6.07, 6.45) is 1.26. The monoisotopic (exact) mass is 500 g/mol. The van der Waals surface area contributed by atoms with Crippen LogP contribution in [0.1, 0.15) is 23.7 Å². The van der Waals surface area contributed by atoms with Crippen molar-refractivity contribution in [3.8, 4) is 16.9 Å². The summed E-state index contributed by atoms with van der Waals surface area (Å²) in [5, 5.41) is 8.73. The summed E-state index contributed by atoms with van der Waals surface area (Å²) in [5.41, 5.74) is 3.67. The summed E-state index contributed by atoms with van der Waals surface area (Å²) in [6, 6.07) is 11.1. The summed E-state index contributed by atoms with van der Waals surface area (Å²) >= 11 is 6.48.